The average molecular weight is 225 g/mol. The largest absolute Gasteiger partial charge is 0.343 e. The topological polar surface area (TPSA) is 20.3 Å². The third-order valence-electron chi connectivity index (χ3n) is 2.45. The van der Waals surface area contributed by atoms with Crippen molar-refractivity contribution in [2.45, 2.75) is 54.3 Å². The van der Waals surface area contributed by atoms with Crippen molar-refractivity contribution in [1.82, 2.24) is 4.90 Å². The zero-order chi connectivity index (χ0) is 13.0. The molecule has 0 aromatic heterocycles. The molecular weight excluding hydrogens is 197 g/mol. The first-order valence-electron chi connectivity index (χ1n) is 6.33. The Morgan fingerprint density at radius 3 is 1.88 bits per heavy atom. The second-order valence-electron chi connectivity index (χ2n) is 7.04. The Hall–Kier alpha value is -0.465. The van der Waals surface area contributed by atoms with Crippen LogP contribution in [-0.2, 0) is 4.79 Å². The van der Waals surface area contributed by atoms with E-state index in [0.717, 1.165) is 19.5 Å². The van der Waals surface area contributed by atoms with Crippen LogP contribution in [0.1, 0.15) is 48.0 Å². The predicted octanol–water partition coefficient (Wildman–Crippen LogP) is 2.35. The number of hydrogen-bond donors (Lipinski definition) is 0. The van der Waals surface area contributed by atoms with Crippen molar-refractivity contribution >= 4 is 13.8 Å². The van der Waals surface area contributed by atoms with Crippen LogP contribution in [0.15, 0.2) is 0 Å². The lowest BCUT2D eigenvalue weighted by Crippen LogP contribution is -2.39. The molecule has 0 aromatic rings. The van der Waals surface area contributed by atoms with Gasteiger partial charge in [-0.3, -0.25) is 4.79 Å². The third-order valence-corrected chi connectivity index (χ3v) is 2.45. The maximum absolute atomic E-state index is 11.8. The maximum atomic E-state index is 11.8. The summed E-state index contributed by atoms with van der Waals surface area (Å²) in [6.45, 7) is 14.9. The van der Waals surface area contributed by atoms with Gasteiger partial charge in [0, 0.05) is 13.1 Å². The summed E-state index contributed by atoms with van der Waals surface area (Å²) in [6, 6.07) is 0. The standard InChI is InChI=1S/C13H28BNO/c1-12(2,3)7-8-15(11(16)9-14)10-13(4,5)6/h7-10,14H2,1-6H3. The number of carbonyl (C=O) groups excluding carboxylic acids is 1. The molecule has 0 heterocycles. The van der Waals surface area contributed by atoms with Gasteiger partial charge in [-0.2, -0.15) is 0 Å². The fraction of sp³-hybridized carbons (Fsp3) is 0.923. The Morgan fingerprint density at radius 2 is 1.56 bits per heavy atom. The van der Waals surface area contributed by atoms with Gasteiger partial charge in [-0.15, -0.1) is 0 Å². The van der Waals surface area contributed by atoms with E-state index in [1.54, 1.807) is 0 Å². The molecule has 0 aliphatic heterocycles. The molecule has 0 aliphatic carbocycles. The van der Waals surface area contributed by atoms with E-state index in [4.69, 9.17) is 0 Å². The monoisotopic (exact) mass is 225 g/mol. The smallest absolute Gasteiger partial charge is 0.214 e. The van der Waals surface area contributed by atoms with Crippen molar-refractivity contribution in [2.24, 2.45) is 10.8 Å². The summed E-state index contributed by atoms with van der Waals surface area (Å²) in [7, 11) is 1.94. The van der Waals surface area contributed by atoms with Gasteiger partial charge in [-0.05, 0) is 23.6 Å². The number of nitrogens with zero attached hydrogens (tertiary/aromatic N) is 1. The molecule has 0 N–H and O–H groups in total. The highest BCUT2D eigenvalue weighted by atomic mass is 16.2. The minimum atomic E-state index is 0.183. The molecule has 0 aliphatic rings. The number of hydrogen-bond acceptors (Lipinski definition) is 1. The second kappa shape index (κ2) is 5.74. The lowest BCUT2D eigenvalue weighted by molar-refractivity contribution is -0.130. The Morgan fingerprint density at radius 1 is 1.06 bits per heavy atom. The van der Waals surface area contributed by atoms with Crippen molar-refractivity contribution in [3.63, 3.8) is 0 Å². The fourth-order valence-corrected chi connectivity index (χ4v) is 1.56. The van der Waals surface area contributed by atoms with Crippen molar-refractivity contribution < 1.29 is 4.79 Å². The summed E-state index contributed by atoms with van der Waals surface area (Å²) in [5.74, 6) is 0.277. The van der Waals surface area contributed by atoms with E-state index in [2.05, 4.69) is 41.5 Å². The summed E-state index contributed by atoms with van der Waals surface area (Å²) in [5.41, 5.74) is 0.479. The molecular formula is C13H28BNO. The summed E-state index contributed by atoms with van der Waals surface area (Å²) >= 11 is 0. The molecule has 0 rings (SSSR count). The zero-order valence-electron chi connectivity index (χ0n) is 12.2. The summed E-state index contributed by atoms with van der Waals surface area (Å²) < 4.78 is 0. The van der Waals surface area contributed by atoms with Crippen LogP contribution in [0.4, 0.5) is 0 Å². The molecule has 16 heavy (non-hydrogen) atoms. The van der Waals surface area contributed by atoms with Crippen LogP contribution in [0, 0.1) is 10.8 Å². The van der Waals surface area contributed by atoms with Crippen LogP contribution < -0.4 is 0 Å². The van der Waals surface area contributed by atoms with Gasteiger partial charge in [-0.1, -0.05) is 41.5 Å². The van der Waals surface area contributed by atoms with Crippen molar-refractivity contribution in [3.8, 4) is 0 Å². The van der Waals surface area contributed by atoms with Crippen molar-refractivity contribution in [1.29, 1.82) is 0 Å². The molecule has 0 atom stereocenters. The van der Waals surface area contributed by atoms with E-state index in [1.807, 2.05) is 12.7 Å². The number of rotatable bonds is 4. The van der Waals surface area contributed by atoms with E-state index < -0.39 is 0 Å². The summed E-state index contributed by atoms with van der Waals surface area (Å²) in [5, 5.41) is 0. The van der Waals surface area contributed by atoms with Gasteiger partial charge in [0.05, 0.1) is 0 Å². The maximum Gasteiger partial charge on any atom is 0.214 e. The fourth-order valence-electron chi connectivity index (χ4n) is 1.56. The summed E-state index contributed by atoms with van der Waals surface area (Å²) in [6.07, 6.45) is 1.68. The van der Waals surface area contributed by atoms with E-state index in [0.29, 0.717) is 11.7 Å². The van der Waals surface area contributed by atoms with Gasteiger partial charge >= 0.3 is 0 Å². The first-order valence-corrected chi connectivity index (χ1v) is 6.33. The summed E-state index contributed by atoms with van der Waals surface area (Å²) in [4.78, 5) is 13.9. The second-order valence-corrected chi connectivity index (χ2v) is 7.04. The first-order chi connectivity index (χ1) is 7.05. The molecule has 0 radical (unpaired) electrons. The van der Waals surface area contributed by atoms with Crippen LogP contribution >= 0.6 is 0 Å². The predicted molar refractivity (Wildman–Crippen MR) is 73.5 cm³/mol. The normalized spacial score (nSPS) is 12.6. The molecule has 94 valence electrons. The lowest BCUT2D eigenvalue weighted by atomic mass is 9.90. The van der Waals surface area contributed by atoms with Gasteiger partial charge in [0.15, 0.2) is 0 Å². The van der Waals surface area contributed by atoms with Crippen LogP contribution in [0.25, 0.3) is 0 Å². The van der Waals surface area contributed by atoms with E-state index in [1.165, 1.54) is 0 Å². The molecule has 0 spiro atoms. The van der Waals surface area contributed by atoms with Crippen LogP contribution in [0.2, 0.25) is 6.32 Å². The highest BCUT2D eigenvalue weighted by Gasteiger charge is 2.21. The van der Waals surface area contributed by atoms with Gasteiger partial charge < -0.3 is 4.90 Å². The van der Waals surface area contributed by atoms with E-state index in [9.17, 15) is 4.79 Å². The average Bonchev–Trinajstić information content (AvgIpc) is 2.07. The lowest BCUT2D eigenvalue weighted by Gasteiger charge is -2.32. The Bertz CT molecular complexity index is 225. The number of carbonyl (C=O) groups is 1. The van der Waals surface area contributed by atoms with Crippen LogP contribution in [0.5, 0.6) is 0 Å². The molecule has 0 fully saturated rings. The van der Waals surface area contributed by atoms with Gasteiger partial charge in [0.1, 0.15) is 7.85 Å². The Kier molecular flexibility index (Phi) is 5.57. The molecule has 0 saturated carbocycles. The van der Waals surface area contributed by atoms with Crippen LogP contribution in [0.3, 0.4) is 0 Å². The highest BCUT2D eigenvalue weighted by molar-refractivity contribution is 6.19. The third kappa shape index (κ3) is 7.78. The molecule has 0 saturated heterocycles. The van der Waals surface area contributed by atoms with Gasteiger partial charge in [0.25, 0.3) is 0 Å². The van der Waals surface area contributed by atoms with E-state index >= 15 is 0 Å². The van der Waals surface area contributed by atoms with Gasteiger partial charge in [0.2, 0.25) is 5.91 Å². The van der Waals surface area contributed by atoms with Gasteiger partial charge in [-0.25, -0.2) is 0 Å². The molecule has 3 heteroatoms. The van der Waals surface area contributed by atoms with Crippen molar-refractivity contribution in [2.75, 3.05) is 13.1 Å². The molecule has 2 nitrogen and oxygen atoms in total. The minimum Gasteiger partial charge on any atom is -0.343 e. The molecule has 0 aromatic carbocycles. The van der Waals surface area contributed by atoms with E-state index in [-0.39, 0.29) is 11.3 Å². The first kappa shape index (κ1) is 15.5. The molecule has 1 amide bonds. The highest BCUT2D eigenvalue weighted by Crippen LogP contribution is 2.21. The molecule has 0 unspecified atom stereocenters. The quantitative estimate of drug-likeness (QED) is 0.672. The Balaban J connectivity index is 4.40. The molecule has 0 bridgehead atoms. The van der Waals surface area contributed by atoms with Crippen molar-refractivity contribution in [3.05, 3.63) is 0 Å². The zero-order valence-corrected chi connectivity index (χ0v) is 12.2. The number of amides is 1. The van der Waals surface area contributed by atoms with Crippen LogP contribution in [-0.4, -0.2) is 31.7 Å². The SMILES string of the molecule is BCC(=O)N(CCC(C)(C)C)CC(C)(C)C. The Labute approximate surface area is 102 Å². The minimum absolute atomic E-state index is 0.183.